The number of fused-ring (bicyclic) bond motifs is 3. The summed E-state index contributed by atoms with van der Waals surface area (Å²) >= 11 is 0. The van der Waals surface area contributed by atoms with Crippen molar-refractivity contribution in [1.82, 2.24) is 15.0 Å². The van der Waals surface area contributed by atoms with Crippen molar-refractivity contribution in [1.29, 1.82) is 0 Å². The van der Waals surface area contributed by atoms with Crippen LogP contribution >= 0.6 is 0 Å². The zero-order chi connectivity index (χ0) is 30.4. The van der Waals surface area contributed by atoms with Gasteiger partial charge in [0.05, 0.1) is 9.79 Å². The molecule has 6 aromatic carbocycles. The van der Waals surface area contributed by atoms with Crippen molar-refractivity contribution in [3.05, 3.63) is 152 Å². The molecule has 0 amide bonds. The van der Waals surface area contributed by atoms with Crippen molar-refractivity contribution in [3.63, 3.8) is 0 Å². The van der Waals surface area contributed by atoms with Gasteiger partial charge in [0.2, 0.25) is 9.84 Å². The summed E-state index contributed by atoms with van der Waals surface area (Å²) in [6, 6.07) is 49.0. The molecule has 0 atom stereocenters. The molecule has 6 heteroatoms. The molecule has 0 saturated carbocycles. The van der Waals surface area contributed by atoms with Crippen molar-refractivity contribution in [2.24, 2.45) is 0 Å². The van der Waals surface area contributed by atoms with Crippen molar-refractivity contribution in [2.45, 2.75) is 9.79 Å². The second kappa shape index (κ2) is 10.8. The Labute approximate surface area is 261 Å². The molecule has 2 heterocycles. The monoisotopic (exact) mass is 599 g/mol. The first-order valence-electron chi connectivity index (χ1n) is 14.6. The highest BCUT2D eigenvalue weighted by Crippen LogP contribution is 2.48. The SMILES string of the molecule is O=S1(=O)c2ccccc2-c2c(-c3cccc(-c4nc(-c5ccccc5)nc(-c5ccc(-c6ccccc6)cc5)n4)c3)cccc21. The zero-order valence-corrected chi connectivity index (χ0v) is 24.8. The minimum absolute atomic E-state index is 0.333. The maximum atomic E-state index is 13.4. The van der Waals surface area contributed by atoms with E-state index in [9.17, 15) is 8.42 Å². The molecule has 0 bridgehead atoms. The van der Waals surface area contributed by atoms with Crippen LogP contribution in [-0.2, 0) is 9.84 Å². The Morgan fingerprint density at radius 2 is 0.800 bits per heavy atom. The third-order valence-electron chi connectivity index (χ3n) is 8.11. The summed E-state index contributed by atoms with van der Waals surface area (Å²) in [7, 11) is -3.58. The average molecular weight is 600 g/mol. The molecular weight excluding hydrogens is 575 g/mol. The summed E-state index contributed by atoms with van der Waals surface area (Å²) in [4.78, 5) is 15.4. The van der Waals surface area contributed by atoms with Gasteiger partial charge >= 0.3 is 0 Å². The van der Waals surface area contributed by atoms with Gasteiger partial charge in [0, 0.05) is 27.8 Å². The van der Waals surface area contributed by atoms with Crippen LogP contribution in [0.5, 0.6) is 0 Å². The summed E-state index contributed by atoms with van der Waals surface area (Å²) < 4.78 is 26.7. The zero-order valence-electron chi connectivity index (χ0n) is 24.0. The molecule has 0 radical (unpaired) electrons. The van der Waals surface area contributed by atoms with Gasteiger partial charge in [-0.2, -0.15) is 0 Å². The van der Waals surface area contributed by atoms with Gasteiger partial charge in [0.15, 0.2) is 17.5 Å². The summed E-state index contributed by atoms with van der Waals surface area (Å²) in [5, 5.41) is 0. The number of rotatable bonds is 5. The molecular formula is C39H25N3O2S. The molecule has 0 unspecified atom stereocenters. The van der Waals surface area contributed by atoms with E-state index in [1.165, 1.54) is 0 Å². The number of nitrogens with zero attached hydrogens (tertiary/aromatic N) is 3. The Morgan fingerprint density at radius 1 is 0.356 bits per heavy atom. The third kappa shape index (κ3) is 4.72. The van der Waals surface area contributed by atoms with E-state index in [2.05, 4.69) is 24.3 Å². The topological polar surface area (TPSA) is 72.8 Å². The Kier molecular flexibility index (Phi) is 6.43. The van der Waals surface area contributed by atoms with Gasteiger partial charge < -0.3 is 0 Å². The van der Waals surface area contributed by atoms with Crippen molar-refractivity contribution in [3.8, 4) is 67.5 Å². The van der Waals surface area contributed by atoms with E-state index in [1.54, 1.807) is 24.3 Å². The Bertz CT molecular complexity index is 2320. The van der Waals surface area contributed by atoms with Crippen LogP contribution in [0, 0.1) is 0 Å². The molecule has 214 valence electrons. The maximum absolute atomic E-state index is 13.4. The van der Waals surface area contributed by atoms with Crippen LogP contribution in [0.3, 0.4) is 0 Å². The summed E-state index contributed by atoms with van der Waals surface area (Å²) in [5.74, 6) is 1.69. The van der Waals surface area contributed by atoms with Crippen LogP contribution in [0.1, 0.15) is 0 Å². The minimum atomic E-state index is -3.58. The van der Waals surface area contributed by atoms with Crippen LogP contribution in [0.4, 0.5) is 0 Å². The van der Waals surface area contributed by atoms with Gasteiger partial charge in [0.1, 0.15) is 0 Å². The second-order valence-electron chi connectivity index (χ2n) is 10.9. The fourth-order valence-corrected chi connectivity index (χ4v) is 7.62. The van der Waals surface area contributed by atoms with Gasteiger partial charge in [-0.3, -0.25) is 0 Å². The molecule has 1 aliphatic rings. The minimum Gasteiger partial charge on any atom is -0.218 e. The van der Waals surface area contributed by atoms with E-state index in [1.807, 2.05) is 103 Å². The van der Waals surface area contributed by atoms with E-state index >= 15 is 0 Å². The quantitative estimate of drug-likeness (QED) is 0.197. The van der Waals surface area contributed by atoms with Gasteiger partial charge in [-0.25, -0.2) is 23.4 Å². The lowest BCUT2D eigenvalue weighted by Crippen LogP contribution is -2.00. The van der Waals surface area contributed by atoms with Crippen LogP contribution in [-0.4, -0.2) is 23.4 Å². The van der Waals surface area contributed by atoms with Gasteiger partial charge in [0.25, 0.3) is 0 Å². The van der Waals surface area contributed by atoms with Crippen molar-refractivity contribution in [2.75, 3.05) is 0 Å². The lowest BCUT2D eigenvalue weighted by atomic mass is 9.93. The number of hydrogen-bond donors (Lipinski definition) is 0. The number of benzene rings is 6. The Morgan fingerprint density at radius 3 is 1.51 bits per heavy atom. The molecule has 0 aliphatic carbocycles. The molecule has 0 N–H and O–H groups in total. The van der Waals surface area contributed by atoms with Crippen molar-refractivity contribution < 1.29 is 8.42 Å². The first-order valence-corrected chi connectivity index (χ1v) is 16.1. The molecule has 45 heavy (non-hydrogen) atoms. The predicted octanol–water partition coefficient (Wildman–Crippen LogP) is 9.02. The average Bonchev–Trinajstić information content (AvgIpc) is 3.35. The first-order chi connectivity index (χ1) is 22.1. The highest BCUT2D eigenvalue weighted by atomic mass is 32.2. The third-order valence-corrected chi connectivity index (χ3v) is 9.97. The van der Waals surface area contributed by atoms with E-state index in [0.29, 0.717) is 27.3 Å². The van der Waals surface area contributed by atoms with E-state index in [-0.39, 0.29) is 0 Å². The summed E-state index contributed by atoms with van der Waals surface area (Å²) in [5.41, 5.74) is 8.01. The van der Waals surface area contributed by atoms with Gasteiger partial charge in [-0.05, 0) is 40.5 Å². The highest BCUT2D eigenvalue weighted by Gasteiger charge is 2.34. The van der Waals surface area contributed by atoms with Crippen LogP contribution in [0.25, 0.3) is 67.5 Å². The van der Waals surface area contributed by atoms with E-state index in [0.717, 1.165) is 50.1 Å². The fourth-order valence-electron chi connectivity index (χ4n) is 5.92. The highest BCUT2D eigenvalue weighted by molar-refractivity contribution is 7.92. The second-order valence-corrected chi connectivity index (χ2v) is 12.8. The lowest BCUT2D eigenvalue weighted by molar-refractivity contribution is 0.598. The standard InChI is InChI=1S/C39H25N3O2S/c43-45(44)34-19-8-7-17-33(34)36-32(18-10-20-35(36)45)30-15-9-16-31(25-30)39-41-37(28-13-5-2-6-14-28)40-38(42-39)29-23-21-27(22-24-29)26-11-3-1-4-12-26/h1-25H. The van der Waals surface area contributed by atoms with Crippen LogP contribution in [0.15, 0.2) is 161 Å². The molecule has 0 saturated heterocycles. The predicted molar refractivity (Wildman–Crippen MR) is 178 cm³/mol. The van der Waals surface area contributed by atoms with Gasteiger partial charge in [-0.15, -0.1) is 0 Å². The summed E-state index contributed by atoms with van der Waals surface area (Å²) in [6.07, 6.45) is 0. The number of hydrogen-bond acceptors (Lipinski definition) is 5. The van der Waals surface area contributed by atoms with Gasteiger partial charge in [-0.1, -0.05) is 133 Å². The number of aromatic nitrogens is 3. The molecule has 1 aliphatic heterocycles. The molecule has 7 aromatic rings. The Balaban J connectivity index is 1.26. The smallest absolute Gasteiger partial charge is 0.207 e. The maximum Gasteiger partial charge on any atom is 0.207 e. The molecule has 1 aromatic heterocycles. The molecule has 8 rings (SSSR count). The first kappa shape index (κ1) is 26.9. The molecule has 0 fully saturated rings. The van der Waals surface area contributed by atoms with E-state index in [4.69, 9.17) is 15.0 Å². The van der Waals surface area contributed by atoms with Crippen LogP contribution < -0.4 is 0 Å². The lowest BCUT2D eigenvalue weighted by Gasteiger charge is -2.12. The largest absolute Gasteiger partial charge is 0.218 e. The van der Waals surface area contributed by atoms with Crippen LogP contribution in [0.2, 0.25) is 0 Å². The molecule has 0 spiro atoms. The summed E-state index contributed by atoms with van der Waals surface area (Å²) in [6.45, 7) is 0. The normalized spacial score (nSPS) is 12.8. The van der Waals surface area contributed by atoms with Crippen molar-refractivity contribution >= 4 is 9.84 Å². The Hall–Kier alpha value is -5.72. The fraction of sp³-hybridized carbons (Fsp3) is 0. The van der Waals surface area contributed by atoms with E-state index < -0.39 is 9.84 Å². The molecule has 5 nitrogen and oxygen atoms in total. The number of sulfone groups is 1.